The number of thiazole rings is 1. The van der Waals surface area contributed by atoms with Crippen molar-refractivity contribution >= 4 is 28.2 Å². The fourth-order valence-corrected chi connectivity index (χ4v) is 4.93. The number of benzene rings is 2. The molecule has 9 heteroatoms. The number of hydrogen-bond donors (Lipinski definition) is 1. The number of allylic oxidation sites excluding steroid dienone is 2. The quantitative estimate of drug-likeness (QED) is 0.227. The monoisotopic (exact) mass is 512 g/mol. The molecule has 5 nitrogen and oxygen atoms in total. The maximum absolute atomic E-state index is 13.0. The highest BCUT2D eigenvalue weighted by Crippen LogP contribution is 2.36. The van der Waals surface area contributed by atoms with Crippen molar-refractivity contribution in [2.45, 2.75) is 31.7 Å². The number of halogens is 3. The number of alkyl halides is 3. The second-order valence-corrected chi connectivity index (χ2v) is 9.20. The number of rotatable bonds is 10. The highest BCUT2D eigenvalue weighted by atomic mass is 32.1. The Hall–Kier alpha value is -3.85. The number of ether oxygens (including phenoxy) is 1. The van der Waals surface area contributed by atoms with E-state index in [0.29, 0.717) is 22.7 Å². The van der Waals surface area contributed by atoms with E-state index in [1.807, 2.05) is 12.1 Å². The number of fused-ring (bicyclic) bond motifs is 1. The van der Waals surface area contributed by atoms with Gasteiger partial charge < -0.3 is 14.4 Å². The van der Waals surface area contributed by atoms with Gasteiger partial charge in [0.2, 0.25) is 0 Å². The second-order valence-electron chi connectivity index (χ2n) is 8.12. The molecule has 0 saturated carbocycles. The zero-order chi connectivity index (χ0) is 25.9. The van der Waals surface area contributed by atoms with Crippen molar-refractivity contribution in [3.63, 3.8) is 0 Å². The summed E-state index contributed by atoms with van der Waals surface area (Å²) in [5.41, 5.74) is 1.40. The van der Waals surface area contributed by atoms with Gasteiger partial charge in [0, 0.05) is 28.6 Å². The van der Waals surface area contributed by atoms with Gasteiger partial charge in [0.05, 0.1) is 16.1 Å². The van der Waals surface area contributed by atoms with E-state index < -0.39 is 17.7 Å². The SMILES string of the molecule is C=CC[C@@H](C=C)c1nc(-c2ccc(C(F)(F)F)cc2)sc1COc1ccc2c(ccn2CC(=O)O)c1. The molecule has 0 radical (unpaired) electrons. The summed E-state index contributed by atoms with van der Waals surface area (Å²) in [5, 5.41) is 10.5. The van der Waals surface area contributed by atoms with Crippen molar-refractivity contribution in [3.8, 4) is 16.3 Å². The lowest BCUT2D eigenvalue weighted by atomic mass is 10.0. The number of carboxylic acid groups (broad SMARTS) is 1. The lowest BCUT2D eigenvalue weighted by molar-refractivity contribution is -0.138. The Bertz CT molecular complexity index is 1400. The van der Waals surface area contributed by atoms with Crippen molar-refractivity contribution in [2.24, 2.45) is 0 Å². The molecule has 0 aliphatic heterocycles. The van der Waals surface area contributed by atoms with E-state index in [1.165, 1.54) is 23.5 Å². The number of aliphatic carboxylic acids is 1. The molecule has 36 heavy (non-hydrogen) atoms. The average molecular weight is 513 g/mol. The summed E-state index contributed by atoms with van der Waals surface area (Å²) in [6, 6.07) is 12.2. The summed E-state index contributed by atoms with van der Waals surface area (Å²) >= 11 is 1.36. The number of nitrogens with zero attached hydrogens (tertiary/aromatic N) is 2. The number of aromatic nitrogens is 2. The Balaban J connectivity index is 1.61. The molecular weight excluding hydrogens is 489 g/mol. The number of carboxylic acids is 1. The molecule has 1 atom stereocenters. The van der Waals surface area contributed by atoms with Gasteiger partial charge >= 0.3 is 12.1 Å². The van der Waals surface area contributed by atoms with Gasteiger partial charge in [0.15, 0.2) is 0 Å². The molecule has 0 amide bonds. The van der Waals surface area contributed by atoms with Gasteiger partial charge in [-0.05, 0) is 42.8 Å². The first kappa shape index (κ1) is 25.2. The summed E-state index contributed by atoms with van der Waals surface area (Å²) in [6.45, 7) is 7.77. The summed E-state index contributed by atoms with van der Waals surface area (Å²) in [4.78, 5) is 16.6. The minimum absolute atomic E-state index is 0.118. The van der Waals surface area contributed by atoms with Crippen LogP contribution in [-0.4, -0.2) is 20.6 Å². The third kappa shape index (κ3) is 5.52. The molecule has 0 aliphatic carbocycles. The zero-order valence-corrected chi connectivity index (χ0v) is 20.0. The fraction of sp³-hybridized carbons (Fsp3) is 0.185. The molecule has 186 valence electrons. The Kier molecular flexibility index (Phi) is 7.30. The lowest BCUT2D eigenvalue weighted by Crippen LogP contribution is -2.07. The topological polar surface area (TPSA) is 64.4 Å². The van der Waals surface area contributed by atoms with Crippen LogP contribution in [0.4, 0.5) is 13.2 Å². The first-order valence-electron chi connectivity index (χ1n) is 11.0. The van der Waals surface area contributed by atoms with E-state index in [0.717, 1.165) is 33.6 Å². The van der Waals surface area contributed by atoms with Crippen LogP contribution in [0.25, 0.3) is 21.5 Å². The summed E-state index contributed by atoms with van der Waals surface area (Å²) < 4.78 is 46.6. The smallest absolute Gasteiger partial charge is 0.416 e. The van der Waals surface area contributed by atoms with Crippen molar-refractivity contribution in [2.75, 3.05) is 0 Å². The molecule has 2 aromatic heterocycles. The van der Waals surface area contributed by atoms with E-state index in [9.17, 15) is 18.0 Å². The molecule has 0 bridgehead atoms. The first-order valence-corrected chi connectivity index (χ1v) is 11.9. The number of carbonyl (C=O) groups is 1. The van der Waals surface area contributed by atoms with Crippen LogP contribution in [0.5, 0.6) is 5.75 Å². The van der Waals surface area contributed by atoms with E-state index in [1.54, 1.807) is 35.0 Å². The summed E-state index contributed by atoms with van der Waals surface area (Å²) in [5.74, 6) is -0.441. The van der Waals surface area contributed by atoms with Gasteiger partial charge in [-0.25, -0.2) is 4.98 Å². The zero-order valence-electron chi connectivity index (χ0n) is 19.2. The van der Waals surface area contributed by atoms with Crippen LogP contribution in [0.3, 0.4) is 0 Å². The van der Waals surface area contributed by atoms with E-state index >= 15 is 0 Å². The Labute approximate surface area is 209 Å². The Morgan fingerprint density at radius 1 is 1.17 bits per heavy atom. The van der Waals surface area contributed by atoms with Crippen LogP contribution in [0.2, 0.25) is 0 Å². The molecule has 4 rings (SSSR count). The number of hydrogen-bond acceptors (Lipinski definition) is 4. The average Bonchev–Trinajstić information content (AvgIpc) is 3.44. The molecule has 0 unspecified atom stereocenters. The van der Waals surface area contributed by atoms with E-state index in [4.69, 9.17) is 14.8 Å². The van der Waals surface area contributed by atoms with Gasteiger partial charge in [-0.3, -0.25) is 4.79 Å². The molecule has 0 aliphatic rings. The maximum Gasteiger partial charge on any atom is 0.416 e. The molecule has 2 heterocycles. The van der Waals surface area contributed by atoms with Gasteiger partial charge in [0.25, 0.3) is 0 Å². The van der Waals surface area contributed by atoms with Crippen LogP contribution in [0.1, 0.15) is 28.5 Å². The molecule has 0 spiro atoms. The van der Waals surface area contributed by atoms with Crippen LogP contribution in [-0.2, 0) is 24.1 Å². The fourth-order valence-electron chi connectivity index (χ4n) is 3.88. The first-order chi connectivity index (χ1) is 17.2. The predicted octanol–water partition coefficient (Wildman–Crippen LogP) is 7.29. The van der Waals surface area contributed by atoms with E-state index in [2.05, 4.69) is 13.2 Å². The van der Waals surface area contributed by atoms with Crippen molar-refractivity contribution < 1.29 is 27.8 Å². The summed E-state index contributed by atoms with van der Waals surface area (Å²) in [7, 11) is 0. The van der Waals surface area contributed by atoms with Crippen molar-refractivity contribution in [1.29, 1.82) is 0 Å². The van der Waals surface area contributed by atoms with E-state index in [-0.39, 0.29) is 19.1 Å². The standard InChI is InChI=1S/C27H23F3N2O3S/c1-3-5-17(4-2)25-23(36-26(31-25)18-6-8-20(9-7-18)27(28,29)30)16-35-21-10-11-22-19(14-21)12-13-32(22)15-24(33)34/h3-4,6-14,17H,1-2,5,15-16H2,(H,33,34)/t17-/m1/s1. The minimum atomic E-state index is -4.40. The van der Waals surface area contributed by atoms with Crippen LogP contribution < -0.4 is 4.74 Å². The van der Waals surface area contributed by atoms with Gasteiger partial charge in [0.1, 0.15) is 23.9 Å². The van der Waals surface area contributed by atoms with Crippen molar-refractivity contribution in [3.05, 3.63) is 96.2 Å². The third-order valence-electron chi connectivity index (χ3n) is 5.66. The summed E-state index contributed by atoms with van der Waals surface area (Å²) in [6.07, 6.45) is 1.46. The molecule has 2 aromatic carbocycles. The van der Waals surface area contributed by atoms with Crippen LogP contribution in [0.15, 0.2) is 80.0 Å². The predicted molar refractivity (Wildman–Crippen MR) is 134 cm³/mol. The molecular formula is C27H23F3N2O3S. The lowest BCUT2D eigenvalue weighted by Gasteiger charge is -2.11. The minimum Gasteiger partial charge on any atom is -0.488 e. The Morgan fingerprint density at radius 2 is 1.92 bits per heavy atom. The van der Waals surface area contributed by atoms with Gasteiger partial charge in [-0.15, -0.1) is 24.5 Å². The van der Waals surface area contributed by atoms with Gasteiger partial charge in [-0.1, -0.05) is 24.3 Å². The largest absolute Gasteiger partial charge is 0.488 e. The molecule has 0 fully saturated rings. The normalized spacial score (nSPS) is 12.4. The van der Waals surface area contributed by atoms with Crippen LogP contribution in [0, 0.1) is 0 Å². The molecule has 4 aromatic rings. The highest BCUT2D eigenvalue weighted by Gasteiger charge is 2.30. The highest BCUT2D eigenvalue weighted by molar-refractivity contribution is 7.15. The van der Waals surface area contributed by atoms with Gasteiger partial charge in [-0.2, -0.15) is 13.2 Å². The second kappa shape index (κ2) is 10.4. The molecule has 0 saturated heterocycles. The molecule has 1 N–H and O–H groups in total. The Morgan fingerprint density at radius 3 is 2.56 bits per heavy atom. The third-order valence-corrected chi connectivity index (χ3v) is 6.75. The maximum atomic E-state index is 13.0. The van der Waals surface area contributed by atoms with Crippen molar-refractivity contribution in [1.82, 2.24) is 9.55 Å². The van der Waals surface area contributed by atoms with Crippen LogP contribution >= 0.6 is 11.3 Å².